The molecule has 22 heavy (non-hydrogen) atoms. The number of primary amides is 1. The van der Waals surface area contributed by atoms with Gasteiger partial charge in [0.15, 0.2) is 0 Å². The van der Waals surface area contributed by atoms with E-state index in [0.717, 1.165) is 0 Å². The Labute approximate surface area is 130 Å². The molecule has 0 spiro atoms. The summed E-state index contributed by atoms with van der Waals surface area (Å²) in [5.41, 5.74) is 11.0. The molecule has 8 heteroatoms. The number of nitrogens with two attached hydrogens (primary N) is 2. The fourth-order valence-corrected chi connectivity index (χ4v) is 2.57. The summed E-state index contributed by atoms with van der Waals surface area (Å²) in [6.45, 7) is 5.45. The molecule has 0 unspecified atom stereocenters. The van der Waals surface area contributed by atoms with Crippen molar-refractivity contribution >= 4 is 17.7 Å². The van der Waals surface area contributed by atoms with Crippen molar-refractivity contribution < 1.29 is 19.5 Å². The van der Waals surface area contributed by atoms with Crippen molar-refractivity contribution in [3.05, 3.63) is 0 Å². The van der Waals surface area contributed by atoms with Crippen molar-refractivity contribution in [2.75, 3.05) is 6.54 Å². The molecule has 1 fully saturated rings. The molecule has 0 aromatic heterocycles. The molecule has 0 bridgehead atoms. The molecule has 4 atom stereocenters. The summed E-state index contributed by atoms with van der Waals surface area (Å²) in [5.74, 6) is -1.27. The third-order valence-electron chi connectivity index (χ3n) is 3.68. The van der Waals surface area contributed by atoms with Gasteiger partial charge in [-0.1, -0.05) is 13.8 Å². The van der Waals surface area contributed by atoms with Crippen LogP contribution in [0.1, 0.15) is 33.6 Å². The highest BCUT2D eigenvalue weighted by Crippen LogP contribution is 2.18. The summed E-state index contributed by atoms with van der Waals surface area (Å²) in [4.78, 5) is 36.8. The van der Waals surface area contributed by atoms with E-state index in [-0.39, 0.29) is 18.9 Å². The van der Waals surface area contributed by atoms with Gasteiger partial charge in [-0.05, 0) is 19.3 Å². The second kappa shape index (κ2) is 7.55. The number of hydrogen-bond donors (Lipinski definition) is 4. The largest absolute Gasteiger partial charge is 0.391 e. The summed E-state index contributed by atoms with van der Waals surface area (Å²) in [7, 11) is 0. The highest BCUT2D eigenvalue weighted by Gasteiger charge is 2.39. The first-order valence-corrected chi connectivity index (χ1v) is 7.47. The Bertz CT molecular complexity index is 441. The molecule has 6 N–H and O–H groups in total. The van der Waals surface area contributed by atoms with E-state index in [1.807, 2.05) is 13.8 Å². The van der Waals surface area contributed by atoms with Gasteiger partial charge in [-0.15, -0.1) is 0 Å². The maximum Gasteiger partial charge on any atom is 0.245 e. The minimum Gasteiger partial charge on any atom is -0.391 e. The lowest BCUT2D eigenvalue weighted by Gasteiger charge is -2.26. The van der Waals surface area contributed by atoms with Gasteiger partial charge in [0.05, 0.1) is 12.1 Å². The summed E-state index contributed by atoms with van der Waals surface area (Å²) in [6, 6.07) is -2.37. The van der Waals surface area contributed by atoms with Crippen LogP contribution in [0.2, 0.25) is 0 Å². The smallest absolute Gasteiger partial charge is 0.245 e. The molecule has 3 amide bonds. The number of rotatable bonds is 6. The van der Waals surface area contributed by atoms with E-state index >= 15 is 0 Å². The zero-order valence-corrected chi connectivity index (χ0v) is 13.3. The van der Waals surface area contributed by atoms with Gasteiger partial charge in [-0.3, -0.25) is 14.4 Å². The number of hydrogen-bond acceptors (Lipinski definition) is 5. The van der Waals surface area contributed by atoms with Crippen LogP contribution < -0.4 is 16.8 Å². The average molecular weight is 314 g/mol. The molecule has 1 saturated heterocycles. The lowest BCUT2D eigenvalue weighted by atomic mass is 10.0. The number of aliphatic hydroxyl groups is 1. The van der Waals surface area contributed by atoms with Gasteiger partial charge in [0.2, 0.25) is 17.7 Å². The van der Waals surface area contributed by atoms with Gasteiger partial charge in [-0.2, -0.15) is 0 Å². The molecule has 126 valence electrons. The van der Waals surface area contributed by atoms with Gasteiger partial charge < -0.3 is 26.8 Å². The van der Waals surface area contributed by atoms with Gasteiger partial charge in [0.25, 0.3) is 0 Å². The van der Waals surface area contributed by atoms with E-state index < -0.39 is 42.0 Å². The summed E-state index contributed by atoms with van der Waals surface area (Å²) >= 11 is 0. The molecular formula is C14H26N4O4. The zero-order chi connectivity index (χ0) is 17.0. The molecule has 0 aromatic rings. The lowest BCUT2D eigenvalue weighted by molar-refractivity contribution is -0.140. The van der Waals surface area contributed by atoms with Gasteiger partial charge in [0, 0.05) is 13.0 Å². The Morgan fingerprint density at radius 3 is 2.41 bits per heavy atom. The van der Waals surface area contributed by atoms with Crippen molar-refractivity contribution in [1.29, 1.82) is 0 Å². The molecule has 0 aliphatic carbocycles. The highest BCUT2D eigenvalue weighted by molar-refractivity contribution is 5.92. The number of β-amino-alcohol motifs (C(OH)–C–C–N with tert-alkyl or cyclic N) is 1. The fourth-order valence-electron chi connectivity index (χ4n) is 2.57. The molecule has 1 heterocycles. The van der Waals surface area contributed by atoms with Crippen molar-refractivity contribution in [2.45, 2.75) is 57.8 Å². The molecular weight excluding hydrogens is 288 g/mol. The first-order chi connectivity index (χ1) is 10.1. The van der Waals surface area contributed by atoms with Gasteiger partial charge in [-0.25, -0.2) is 0 Å². The third-order valence-corrected chi connectivity index (χ3v) is 3.68. The van der Waals surface area contributed by atoms with E-state index in [1.54, 1.807) is 0 Å². The second-order valence-electron chi connectivity index (χ2n) is 6.26. The van der Waals surface area contributed by atoms with Crippen LogP contribution in [0, 0.1) is 5.92 Å². The lowest BCUT2D eigenvalue weighted by Crippen LogP contribution is -2.54. The SMILES string of the molecule is CC(C)C[C@H](N)C(=O)N[C@@H](C)C(=O)N1C[C@H](O)C[C@H]1C(N)=O. The first-order valence-electron chi connectivity index (χ1n) is 7.47. The summed E-state index contributed by atoms with van der Waals surface area (Å²) < 4.78 is 0. The highest BCUT2D eigenvalue weighted by atomic mass is 16.3. The van der Waals surface area contributed by atoms with Crippen LogP contribution in [0.3, 0.4) is 0 Å². The molecule has 1 rings (SSSR count). The number of carbonyl (C=O) groups excluding carboxylic acids is 3. The van der Waals surface area contributed by atoms with Gasteiger partial charge >= 0.3 is 0 Å². The van der Waals surface area contributed by atoms with Crippen LogP contribution >= 0.6 is 0 Å². The number of nitrogens with zero attached hydrogens (tertiary/aromatic N) is 1. The van der Waals surface area contributed by atoms with E-state index in [4.69, 9.17) is 11.5 Å². The van der Waals surface area contributed by atoms with Gasteiger partial charge in [0.1, 0.15) is 12.1 Å². The van der Waals surface area contributed by atoms with Crippen molar-refractivity contribution in [2.24, 2.45) is 17.4 Å². The Kier molecular flexibility index (Phi) is 6.31. The maximum absolute atomic E-state index is 12.3. The van der Waals surface area contributed by atoms with E-state index in [9.17, 15) is 19.5 Å². The number of carbonyl (C=O) groups is 3. The Balaban J connectivity index is 2.64. The minimum absolute atomic E-state index is 0.0324. The third kappa shape index (κ3) is 4.67. The quantitative estimate of drug-likeness (QED) is 0.463. The molecule has 1 aliphatic heterocycles. The van der Waals surface area contributed by atoms with Crippen LogP contribution in [0.15, 0.2) is 0 Å². The Hall–Kier alpha value is -1.67. The number of amides is 3. The standard InChI is InChI=1S/C14H26N4O4/c1-7(2)4-10(15)13(21)17-8(3)14(22)18-6-9(19)5-11(18)12(16)20/h7-11,19H,4-6,15H2,1-3H3,(H2,16,20)(H,17,21)/t8-,9+,10-,11-/m0/s1. The first kappa shape index (κ1) is 18.4. The Morgan fingerprint density at radius 2 is 1.91 bits per heavy atom. The number of likely N-dealkylation sites (tertiary alicyclic amines) is 1. The van der Waals surface area contributed by atoms with Crippen LogP contribution in [-0.4, -0.2) is 58.5 Å². The summed E-state index contributed by atoms with van der Waals surface area (Å²) in [6.07, 6.45) is -0.152. The molecule has 0 saturated carbocycles. The van der Waals surface area contributed by atoms with Crippen molar-refractivity contribution in [3.63, 3.8) is 0 Å². The van der Waals surface area contributed by atoms with E-state index in [2.05, 4.69) is 5.32 Å². The fraction of sp³-hybridized carbons (Fsp3) is 0.786. The van der Waals surface area contributed by atoms with Crippen LogP contribution in [0.4, 0.5) is 0 Å². The predicted molar refractivity (Wildman–Crippen MR) is 80.4 cm³/mol. The van der Waals surface area contributed by atoms with Crippen molar-refractivity contribution in [3.8, 4) is 0 Å². The van der Waals surface area contributed by atoms with E-state index in [0.29, 0.717) is 6.42 Å². The number of aliphatic hydroxyl groups excluding tert-OH is 1. The topological polar surface area (TPSA) is 139 Å². The average Bonchev–Trinajstić information content (AvgIpc) is 2.79. The number of nitrogens with one attached hydrogen (secondary N) is 1. The van der Waals surface area contributed by atoms with Crippen LogP contribution in [0.25, 0.3) is 0 Å². The van der Waals surface area contributed by atoms with Crippen LogP contribution in [0.5, 0.6) is 0 Å². The molecule has 0 aromatic carbocycles. The minimum atomic E-state index is -0.841. The van der Waals surface area contributed by atoms with Crippen molar-refractivity contribution in [1.82, 2.24) is 10.2 Å². The Morgan fingerprint density at radius 1 is 1.32 bits per heavy atom. The maximum atomic E-state index is 12.3. The molecule has 8 nitrogen and oxygen atoms in total. The monoisotopic (exact) mass is 314 g/mol. The second-order valence-corrected chi connectivity index (χ2v) is 6.26. The normalized spacial score (nSPS) is 24.2. The molecule has 0 radical (unpaired) electrons. The summed E-state index contributed by atoms with van der Waals surface area (Å²) in [5, 5.41) is 12.2. The predicted octanol–water partition coefficient (Wildman–Crippen LogP) is -1.69. The van der Waals surface area contributed by atoms with Crippen LogP contribution in [-0.2, 0) is 14.4 Å². The molecule has 1 aliphatic rings. The zero-order valence-electron chi connectivity index (χ0n) is 13.3. The van der Waals surface area contributed by atoms with E-state index in [1.165, 1.54) is 11.8 Å².